The third-order valence-electron chi connectivity index (χ3n) is 3.93. The Morgan fingerprint density at radius 2 is 2.08 bits per heavy atom. The molecule has 0 fully saturated rings. The van der Waals surface area contributed by atoms with Gasteiger partial charge in [0.1, 0.15) is 5.82 Å². The van der Waals surface area contributed by atoms with Gasteiger partial charge in [-0.2, -0.15) is 0 Å². The van der Waals surface area contributed by atoms with Crippen LogP contribution in [0.4, 0.5) is 5.82 Å². The van der Waals surface area contributed by atoms with E-state index < -0.39 is 12.1 Å². The lowest BCUT2D eigenvalue weighted by molar-refractivity contribution is -0.130. The van der Waals surface area contributed by atoms with Gasteiger partial charge in [0, 0.05) is 38.8 Å². The number of rotatable bonds is 4. The number of nitrogens with zero attached hydrogens (tertiary/aromatic N) is 2. The van der Waals surface area contributed by atoms with Crippen molar-refractivity contribution in [2.75, 3.05) is 19.0 Å². The Morgan fingerprint density at radius 1 is 1.29 bits per heavy atom. The van der Waals surface area contributed by atoms with Crippen LogP contribution in [0.15, 0.2) is 42.6 Å². The summed E-state index contributed by atoms with van der Waals surface area (Å²) < 4.78 is 5.26. The molecule has 0 aliphatic carbocycles. The zero-order valence-electron chi connectivity index (χ0n) is 13.7. The first-order valence-electron chi connectivity index (χ1n) is 7.74. The molecule has 2 heterocycles. The molecule has 0 unspecified atom stereocenters. The van der Waals surface area contributed by atoms with E-state index in [4.69, 9.17) is 4.74 Å². The van der Waals surface area contributed by atoms with Crippen LogP contribution in [-0.4, -0.2) is 37.1 Å². The van der Waals surface area contributed by atoms with Crippen LogP contribution in [0.1, 0.15) is 21.5 Å². The summed E-state index contributed by atoms with van der Waals surface area (Å²) in [5.74, 6) is 0.0440. The van der Waals surface area contributed by atoms with Gasteiger partial charge in [-0.3, -0.25) is 4.79 Å². The van der Waals surface area contributed by atoms with Gasteiger partial charge in [-0.05, 0) is 17.7 Å². The maximum Gasteiger partial charge on any atom is 0.339 e. The summed E-state index contributed by atoms with van der Waals surface area (Å²) in [5.41, 5.74) is 2.27. The summed E-state index contributed by atoms with van der Waals surface area (Å²) >= 11 is 0. The maximum atomic E-state index is 12.4. The van der Waals surface area contributed by atoms with E-state index in [1.54, 1.807) is 18.3 Å². The fourth-order valence-corrected chi connectivity index (χ4v) is 2.74. The van der Waals surface area contributed by atoms with Crippen LogP contribution in [0.3, 0.4) is 0 Å². The molecule has 3 rings (SSSR count). The molecule has 0 bridgehead atoms. The number of amides is 1. The predicted molar refractivity (Wildman–Crippen MR) is 89.8 cm³/mol. The number of ether oxygens (including phenoxy) is 1. The van der Waals surface area contributed by atoms with Crippen LogP contribution in [-0.2, 0) is 22.5 Å². The van der Waals surface area contributed by atoms with E-state index in [-0.39, 0.29) is 5.91 Å². The van der Waals surface area contributed by atoms with E-state index in [1.807, 2.05) is 43.3 Å². The molecule has 1 N–H and O–H groups in total. The molecule has 1 aromatic heterocycles. The third-order valence-corrected chi connectivity index (χ3v) is 3.93. The first-order valence-corrected chi connectivity index (χ1v) is 7.74. The van der Waals surface area contributed by atoms with Crippen molar-refractivity contribution in [3.63, 3.8) is 0 Å². The second-order valence-electron chi connectivity index (χ2n) is 5.85. The second-order valence-corrected chi connectivity index (χ2v) is 5.85. The van der Waals surface area contributed by atoms with Crippen molar-refractivity contribution in [1.29, 1.82) is 0 Å². The number of hydrogen-bond acceptors (Lipinski definition) is 5. The summed E-state index contributed by atoms with van der Waals surface area (Å²) in [6.45, 7) is 0.329. The van der Waals surface area contributed by atoms with Crippen molar-refractivity contribution in [3.05, 3.63) is 59.3 Å². The first-order chi connectivity index (χ1) is 11.6. The monoisotopic (exact) mass is 325 g/mol. The predicted octanol–water partition coefficient (Wildman–Crippen LogP) is 1.55. The molecular weight excluding hydrogens is 306 g/mol. The lowest BCUT2D eigenvalue weighted by Gasteiger charge is -2.24. The van der Waals surface area contributed by atoms with E-state index in [0.717, 1.165) is 16.9 Å². The van der Waals surface area contributed by atoms with Crippen LogP contribution in [0.25, 0.3) is 0 Å². The quantitative estimate of drug-likeness (QED) is 0.864. The Hall–Kier alpha value is -2.89. The number of fused-ring (bicyclic) bond motifs is 1. The van der Waals surface area contributed by atoms with E-state index in [9.17, 15) is 9.59 Å². The van der Waals surface area contributed by atoms with Gasteiger partial charge < -0.3 is 15.0 Å². The van der Waals surface area contributed by atoms with E-state index in [0.29, 0.717) is 18.5 Å². The molecule has 0 radical (unpaired) electrons. The van der Waals surface area contributed by atoms with Gasteiger partial charge in [0.25, 0.3) is 5.91 Å². The smallest absolute Gasteiger partial charge is 0.339 e. The highest BCUT2D eigenvalue weighted by Gasteiger charge is 2.30. The fourth-order valence-electron chi connectivity index (χ4n) is 2.74. The molecule has 0 saturated heterocycles. The highest BCUT2D eigenvalue weighted by molar-refractivity contribution is 5.95. The molecule has 0 spiro atoms. The van der Waals surface area contributed by atoms with Crippen LogP contribution in [0.5, 0.6) is 0 Å². The Labute approximate surface area is 140 Å². The zero-order valence-corrected chi connectivity index (χ0v) is 13.7. The normalized spacial score (nSPS) is 16.1. The number of benzene rings is 1. The SMILES string of the molecule is CN(C)c1ncccc1CNC(=O)[C@@H]1Cc2ccccc2C(=O)O1. The highest BCUT2D eigenvalue weighted by Crippen LogP contribution is 2.21. The van der Waals surface area contributed by atoms with Gasteiger partial charge in [0.15, 0.2) is 6.10 Å². The minimum absolute atomic E-state index is 0.300. The molecule has 124 valence electrons. The molecular formula is C18H19N3O3. The first kappa shape index (κ1) is 16.0. The largest absolute Gasteiger partial charge is 0.448 e. The molecule has 2 aromatic rings. The number of aromatic nitrogens is 1. The average Bonchev–Trinajstić information content (AvgIpc) is 2.59. The Bertz CT molecular complexity index is 774. The molecule has 6 nitrogen and oxygen atoms in total. The van der Waals surface area contributed by atoms with Crippen molar-refractivity contribution in [2.24, 2.45) is 0 Å². The van der Waals surface area contributed by atoms with Crippen LogP contribution < -0.4 is 10.2 Å². The average molecular weight is 325 g/mol. The third kappa shape index (κ3) is 3.22. The van der Waals surface area contributed by atoms with Gasteiger partial charge in [-0.25, -0.2) is 9.78 Å². The number of anilines is 1. The number of hydrogen-bond donors (Lipinski definition) is 1. The summed E-state index contributed by atoms with van der Waals surface area (Å²) in [6.07, 6.45) is 1.30. The Morgan fingerprint density at radius 3 is 2.88 bits per heavy atom. The molecule has 1 aromatic carbocycles. The van der Waals surface area contributed by atoms with Gasteiger partial charge in [0.2, 0.25) is 0 Å². The number of esters is 1. The number of pyridine rings is 1. The summed E-state index contributed by atoms with van der Waals surface area (Å²) in [6, 6.07) is 10.9. The standard InChI is InChI=1S/C18H19N3O3/c1-21(2)16-13(7-5-9-19-16)11-20-17(22)15-10-12-6-3-4-8-14(12)18(23)24-15/h3-9,15H,10-11H2,1-2H3,(H,20,22)/t15-/m0/s1. The minimum atomic E-state index is -0.799. The zero-order chi connectivity index (χ0) is 17.1. The van der Waals surface area contributed by atoms with E-state index in [1.165, 1.54) is 0 Å². The molecule has 24 heavy (non-hydrogen) atoms. The molecule has 6 heteroatoms. The van der Waals surface area contributed by atoms with Gasteiger partial charge in [-0.15, -0.1) is 0 Å². The van der Waals surface area contributed by atoms with Crippen LogP contribution >= 0.6 is 0 Å². The van der Waals surface area contributed by atoms with Gasteiger partial charge >= 0.3 is 5.97 Å². The van der Waals surface area contributed by atoms with Crippen molar-refractivity contribution < 1.29 is 14.3 Å². The van der Waals surface area contributed by atoms with Crippen molar-refractivity contribution in [2.45, 2.75) is 19.1 Å². The highest BCUT2D eigenvalue weighted by atomic mass is 16.5. The summed E-state index contributed by atoms with van der Waals surface area (Å²) in [5, 5.41) is 2.83. The van der Waals surface area contributed by atoms with Crippen molar-refractivity contribution in [1.82, 2.24) is 10.3 Å². The topological polar surface area (TPSA) is 71.5 Å². The van der Waals surface area contributed by atoms with Crippen LogP contribution in [0, 0.1) is 0 Å². The maximum absolute atomic E-state index is 12.4. The molecule has 1 aliphatic rings. The molecule has 1 amide bonds. The number of carbonyl (C=O) groups excluding carboxylic acids is 2. The Balaban J connectivity index is 1.68. The number of carbonyl (C=O) groups is 2. The fraction of sp³-hybridized carbons (Fsp3) is 0.278. The lowest BCUT2D eigenvalue weighted by atomic mass is 9.98. The number of nitrogens with one attached hydrogen (secondary N) is 1. The van der Waals surface area contributed by atoms with Crippen molar-refractivity contribution in [3.8, 4) is 0 Å². The van der Waals surface area contributed by atoms with E-state index >= 15 is 0 Å². The minimum Gasteiger partial charge on any atom is -0.448 e. The summed E-state index contributed by atoms with van der Waals surface area (Å²) in [4.78, 5) is 30.6. The Kier molecular flexibility index (Phi) is 4.46. The van der Waals surface area contributed by atoms with Gasteiger partial charge in [-0.1, -0.05) is 24.3 Å². The molecule has 1 aliphatic heterocycles. The second kappa shape index (κ2) is 6.70. The molecule has 1 atom stereocenters. The van der Waals surface area contributed by atoms with Gasteiger partial charge in [0.05, 0.1) is 5.56 Å². The van der Waals surface area contributed by atoms with E-state index in [2.05, 4.69) is 10.3 Å². The van der Waals surface area contributed by atoms with Crippen molar-refractivity contribution >= 4 is 17.7 Å². The molecule has 0 saturated carbocycles. The van der Waals surface area contributed by atoms with Crippen LogP contribution in [0.2, 0.25) is 0 Å². The summed E-state index contributed by atoms with van der Waals surface area (Å²) in [7, 11) is 3.79. The number of cyclic esters (lactones) is 1. The lowest BCUT2D eigenvalue weighted by Crippen LogP contribution is -2.41.